The van der Waals surface area contributed by atoms with E-state index in [2.05, 4.69) is 15.1 Å². The predicted molar refractivity (Wildman–Crippen MR) is 83.1 cm³/mol. The van der Waals surface area contributed by atoms with E-state index in [4.69, 9.17) is 0 Å². The number of aromatic nitrogens is 4. The van der Waals surface area contributed by atoms with E-state index in [-0.39, 0.29) is 16.5 Å². The van der Waals surface area contributed by atoms with Crippen molar-refractivity contribution < 1.29 is 10.0 Å². The molecule has 1 aliphatic rings. The lowest BCUT2D eigenvalue weighted by molar-refractivity contribution is -0.384. The number of rotatable bonds is 4. The number of anilines is 1. The summed E-state index contributed by atoms with van der Waals surface area (Å²) in [7, 11) is 1.72. The Bertz CT molecular complexity index is 688. The zero-order chi connectivity index (χ0) is 16.6. The Hall–Kier alpha value is -2.42. The van der Waals surface area contributed by atoms with Gasteiger partial charge in [0.25, 0.3) is 0 Å². The van der Waals surface area contributed by atoms with Gasteiger partial charge in [0.15, 0.2) is 0 Å². The molecule has 0 aliphatic carbocycles. The van der Waals surface area contributed by atoms with E-state index < -0.39 is 6.10 Å². The Kier molecular flexibility index (Phi) is 4.03. The van der Waals surface area contributed by atoms with E-state index in [1.807, 2.05) is 4.90 Å². The maximum absolute atomic E-state index is 11.3. The van der Waals surface area contributed by atoms with Crippen LogP contribution in [-0.4, -0.2) is 42.9 Å². The van der Waals surface area contributed by atoms with Crippen LogP contribution < -0.4 is 4.90 Å². The number of hydrogen-bond donors (Lipinski definition) is 2. The Balaban J connectivity index is 1.74. The molecule has 124 valence electrons. The Morgan fingerprint density at radius 2 is 2.17 bits per heavy atom. The molecule has 3 rings (SSSR count). The van der Waals surface area contributed by atoms with Crippen molar-refractivity contribution in [1.82, 2.24) is 19.7 Å². The van der Waals surface area contributed by atoms with Crippen molar-refractivity contribution in [2.75, 3.05) is 18.0 Å². The van der Waals surface area contributed by atoms with Gasteiger partial charge in [-0.1, -0.05) is 0 Å². The fourth-order valence-electron chi connectivity index (χ4n) is 3.29. The molecule has 3 heterocycles. The van der Waals surface area contributed by atoms with E-state index in [1.165, 1.54) is 0 Å². The lowest BCUT2D eigenvalue weighted by atomic mass is 9.91. The molecule has 1 saturated heterocycles. The van der Waals surface area contributed by atoms with Gasteiger partial charge in [-0.2, -0.15) is 5.10 Å². The number of imidazole rings is 1. The van der Waals surface area contributed by atoms with Gasteiger partial charge in [0.05, 0.1) is 4.92 Å². The van der Waals surface area contributed by atoms with Gasteiger partial charge in [0.2, 0.25) is 5.82 Å². The fourth-order valence-corrected chi connectivity index (χ4v) is 3.29. The minimum Gasteiger partial charge on any atom is -0.385 e. The van der Waals surface area contributed by atoms with Gasteiger partial charge >= 0.3 is 5.69 Å². The number of H-pyrrole nitrogens is 1. The van der Waals surface area contributed by atoms with E-state index in [1.54, 1.807) is 31.0 Å². The van der Waals surface area contributed by atoms with Gasteiger partial charge in [0.1, 0.15) is 17.6 Å². The number of nitro groups is 1. The van der Waals surface area contributed by atoms with Crippen LogP contribution in [0.5, 0.6) is 0 Å². The lowest BCUT2D eigenvalue weighted by Crippen LogP contribution is -2.37. The van der Waals surface area contributed by atoms with Crippen LogP contribution in [0.25, 0.3) is 0 Å². The van der Waals surface area contributed by atoms with E-state index in [0.29, 0.717) is 30.4 Å². The number of nitrogens with one attached hydrogen (secondary N) is 1. The smallest absolute Gasteiger partial charge is 0.333 e. The SMILES string of the molecule is Cc1nn(C)c(N2CCC(C(O)c3ncc[nH]3)CC2)c1[N+](=O)[O-]. The van der Waals surface area contributed by atoms with Crippen LogP contribution in [0.15, 0.2) is 12.4 Å². The number of nitrogens with zero attached hydrogens (tertiary/aromatic N) is 5. The van der Waals surface area contributed by atoms with Crippen LogP contribution in [0.4, 0.5) is 11.5 Å². The standard InChI is InChI=1S/C14H20N6O3/c1-9-11(20(22)23)14(18(2)17-9)19-7-3-10(4-8-19)12(21)13-15-5-6-16-13/h5-6,10,12,21H,3-4,7-8H2,1-2H3,(H,15,16). The number of piperidine rings is 1. The highest BCUT2D eigenvalue weighted by Crippen LogP contribution is 2.36. The third kappa shape index (κ3) is 2.79. The van der Waals surface area contributed by atoms with Crippen molar-refractivity contribution >= 4 is 11.5 Å². The van der Waals surface area contributed by atoms with Crippen molar-refractivity contribution in [3.05, 3.63) is 34.0 Å². The second kappa shape index (κ2) is 5.99. The summed E-state index contributed by atoms with van der Waals surface area (Å²) in [6.07, 6.45) is 4.16. The molecule has 0 spiro atoms. The third-order valence-electron chi connectivity index (χ3n) is 4.43. The predicted octanol–water partition coefficient (Wildman–Crippen LogP) is 1.31. The fraction of sp³-hybridized carbons (Fsp3) is 0.571. The largest absolute Gasteiger partial charge is 0.385 e. The minimum atomic E-state index is -0.629. The minimum absolute atomic E-state index is 0.0672. The van der Waals surface area contributed by atoms with Crippen LogP contribution in [0.3, 0.4) is 0 Å². The van der Waals surface area contributed by atoms with Crippen molar-refractivity contribution in [1.29, 1.82) is 0 Å². The molecule has 0 aromatic carbocycles. The lowest BCUT2D eigenvalue weighted by Gasteiger charge is -2.34. The summed E-state index contributed by atoms with van der Waals surface area (Å²) in [5, 5.41) is 25.8. The van der Waals surface area contributed by atoms with Crippen LogP contribution in [0, 0.1) is 23.0 Å². The van der Waals surface area contributed by atoms with Crippen molar-refractivity contribution in [3.8, 4) is 0 Å². The molecule has 2 aromatic heterocycles. The Morgan fingerprint density at radius 3 is 2.74 bits per heavy atom. The van der Waals surface area contributed by atoms with Gasteiger partial charge < -0.3 is 15.0 Å². The third-order valence-corrected chi connectivity index (χ3v) is 4.43. The normalized spacial score (nSPS) is 17.4. The highest BCUT2D eigenvalue weighted by molar-refractivity contribution is 5.61. The number of aliphatic hydroxyl groups is 1. The second-order valence-corrected chi connectivity index (χ2v) is 5.88. The highest BCUT2D eigenvalue weighted by atomic mass is 16.6. The van der Waals surface area contributed by atoms with Gasteiger partial charge in [-0.15, -0.1) is 0 Å². The molecule has 9 nitrogen and oxygen atoms in total. The topological polar surface area (TPSA) is 113 Å². The molecular weight excluding hydrogens is 300 g/mol. The zero-order valence-electron chi connectivity index (χ0n) is 13.1. The van der Waals surface area contributed by atoms with Crippen molar-refractivity contribution in [2.24, 2.45) is 13.0 Å². The second-order valence-electron chi connectivity index (χ2n) is 5.88. The molecule has 0 saturated carbocycles. The van der Waals surface area contributed by atoms with E-state index >= 15 is 0 Å². The van der Waals surface area contributed by atoms with Crippen LogP contribution in [-0.2, 0) is 7.05 Å². The van der Waals surface area contributed by atoms with Gasteiger partial charge in [-0.25, -0.2) is 9.67 Å². The molecule has 9 heteroatoms. The molecule has 0 bridgehead atoms. The molecular formula is C14H20N6O3. The summed E-state index contributed by atoms with van der Waals surface area (Å²) >= 11 is 0. The van der Waals surface area contributed by atoms with Crippen molar-refractivity contribution in [2.45, 2.75) is 25.9 Å². The first-order valence-corrected chi connectivity index (χ1v) is 7.59. The molecule has 1 atom stereocenters. The monoisotopic (exact) mass is 320 g/mol. The summed E-state index contributed by atoms with van der Waals surface area (Å²) in [5.74, 6) is 1.20. The van der Waals surface area contributed by atoms with E-state index in [0.717, 1.165) is 12.8 Å². The molecule has 2 aromatic rings. The molecule has 23 heavy (non-hydrogen) atoms. The summed E-state index contributed by atoms with van der Waals surface area (Å²) in [4.78, 5) is 19.9. The van der Waals surface area contributed by atoms with Gasteiger partial charge in [0, 0.05) is 32.5 Å². The first kappa shape index (κ1) is 15.5. The Labute approximate surface area is 133 Å². The number of aryl methyl sites for hydroxylation is 2. The van der Waals surface area contributed by atoms with Crippen LogP contribution in [0.2, 0.25) is 0 Å². The summed E-state index contributed by atoms with van der Waals surface area (Å²) < 4.78 is 1.57. The number of hydrogen-bond acceptors (Lipinski definition) is 6. The molecule has 1 aliphatic heterocycles. The Morgan fingerprint density at radius 1 is 1.48 bits per heavy atom. The van der Waals surface area contributed by atoms with E-state index in [9.17, 15) is 15.2 Å². The molecule has 1 fully saturated rings. The van der Waals surface area contributed by atoms with Crippen LogP contribution >= 0.6 is 0 Å². The maximum atomic E-state index is 11.3. The molecule has 1 unspecified atom stereocenters. The molecule has 0 amide bonds. The summed E-state index contributed by atoms with van der Waals surface area (Å²) in [6.45, 7) is 2.93. The first-order chi connectivity index (χ1) is 11.0. The van der Waals surface area contributed by atoms with Gasteiger partial charge in [-0.3, -0.25) is 10.1 Å². The average molecular weight is 320 g/mol. The quantitative estimate of drug-likeness (QED) is 0.648. The number of aromatic amines is 1. The molecule has 2 N–H and O–H groups in total. The zero-order valence-corrected chi connectivity index (χ0v) is 13.1. The van der Waals surface area contributed by atoms with Crippen LogP contribution in [0.1, 0.15) is 30.5 Å². The van der Waals surface area contributed by atoms with Gasteiger partial charge in [-0.05, 0) is 25.7 Å². The first-order valence-electron chi connectivity index (χ1n) is 7.59. The highest BCUT2D eigenvalue weighted by Gasteiger charge is 2.33. The summed E-state index contributed by atoms with van der Waals surface area (Å²) in [6, 6.07) is 0. The summed E-state index contributed by atoms with van der Waals surface area (Å²) in [5.41, 5.74) is 0.489. The van der Waals surface area contributed by atoms with Crippen molar-refractivity contribution in [3.63, 3.8) is 0 Å². The maximum Gasteiger partial charge on any atom is 0.333 e. The number of aliphatic hydroxyl groups excluding tert-OH is 1. The average Bonchev–Trinajstić information content (AvgIpc) is 3.14. The molecule has 0 radical (unpaired) electrons.